The molecule has 488 valence electrons. The summed E-state index contributed by atoms with van der Waals surface area (Å²) >= 11 is 0. The zero-order chi connectivity index (χ0) is 60.5. The van der Waals surface area contributed by atoms with Crippen molar-refractivity contribution in [2.75, 3.05) is 47.5 Å². The smallest absolute Gasteiger partial charge is 0.361 e. The van der Waals surface area contributed by atoms with E-state index >= 15 is 0 Å². The Bertz CT molecular complexity index is 1450. The number of aliphatic carboxylic acids is 1. The summed E-state index contributed by atoms with van der Waals surface area (Å²) in [7, 11) is 5.99. The summed E-state index contributed by atoms with van der Waals surface area (Å²) in [6.45, 7) is 4.93. The molecule has 0 heterocycles. The first-order chi connectivity index (χ1) is 40.6. The molecule has 9 heteroatoms. The molecule has 0 aromatic rings. The predicted molar refractivity (Wildman–Crippen MR) is 355 cm³/mol. The molecule has 0 radical (unpaired) electrons. The van der Waals surface area contributed by atoms with Gasteiger partial charge in [0.1, 0.15) is 13.2 Å². The first kappa shape index (κ1) is 80.5. The van der Waals surface area contributed by atoms with Crippen LogP contribution in [0.4, 0.5) is 0 Å². The standard InChI is InChI=1S/C74H139NO8/c1-6-8-10-12-14-16-18-20-22-24-26-28-30-32-34-36-38-40-42-44-46-48-50-52-54-56-58-60-62-64-71(76)81-68-70(69-82-74(73(78)79)80-67-66-75(3,4)5)83-72(77)65-63-61-59-57-55-53-51-49-47-45-43-41-39-37-35-33-31-29-27-25-23-21-19-17-15-13-11-9-7-2/h19,21,24-27,70,74H,6-18,20,22-23,28-69H2,1-5H3/p+1/b21-19-,26-24-,27-25-. The second-order valence-electron chi connectivity index (χ2n) is 25.9. The maximum atomic E-state index is 12.9. The van der Waals surface area contributed by atoms with Crippen molar-refractivity contribution in [3.05, 3.63) is 36.5 Å². The fourth-order valence-electron chi connectivity index (χ4n) is 10.8. The Labute approximate surface area is 515 Å². The largest absolute Gasteiger partial charge is 0.477 e. The van der Waals surface area contributed by atoms with Crippen LogP contribution in [0.3, 0.4) is 0 Å². The molecule has 9 nitrogen and oxygen atoms in total. The summed E-state index contributed by atoms with van der Waals surface area (Å²) in [5, 5.41) is 9.75. The van der Waals surface area contributed by atoms with Crippen LogP contribution in [0, 0.1) is 0 Å². The van der Waals surface area contributed by atoms with E-state index in [1.807, 2.05) is 21.1 Å². The van der Waals surface area contributed by atoms with Gasteiger partial charge in [-0.05, 0) is 70.6 Å². The van der Waals surface area contributed by atoms with E-state index in [2.05, 4.69) is 50.3 Å². The number of unbranched alkanes of at least 4 members (excludes halogenated alkanes) is 47. The Morgan fingerprint density at radius 1 is 0.361 bits per heavy atom. The lowest BCUT2D eigenvalue weighted by atomic mass is 10.0. The average molecular weight is 1170 g/mol. The molecule has 1 N–H and O–H groups in total. The minimum absolute atomic E-state index is 0.176. The molecule has 0 saturated heterocycles. The lowest BCUT2D eigenvalue weighted by Gasteiger charge is -2.25. The summed E-state index contributed by atoms with van der Waals surface area (Å²) < 4.78 is 23.0. The number of carboxylic acids is 1. The molecule has 0 aliphatic heterocycles. The molecule has 83 heavy (non-hydrogen) atoms. The maximum Gasteiger partial charge on any atom is 0.361 e. The van der Waals surface area contributed by atoms with Crippen LogP contribution < -0.4 is 0 Å². The third kappa shape index (κ3) is 66.9. The fraction of sp³-hybridized carbons (Fsp3) is 0.878. The molecule has 0 rings (SSSR count). The number of quaternary nitrogens is 1. The SMILES string of the molecule is CCCCCCC/C=C\C/C=C\CCCCCCCCCCCCCCCCCCCC(=O)OC(COC(=O)CCCCCCCCCCCCCCCCCCC/C=C\CCCCCCCCCC)COC(OCC[N+](C)(C)C)C(=O)O. The van der Waals surface area contributed by atoms with Crippen LogP contribution in [0.2, 0.25) is 0 Å². The molecule has 0 fully saturated rings. The Kier molecular flexibility index (Phi) is 63.5. The molecule has 2 unspecified atom stereocenters. The van der Waals surface area contributed by atoms with E-state index in [1.165, 1.54) is 289 Å². The number of rotatable bonds is 68. The fourth-order valence-corrected chi connectivity index (χ4v) is 10.8. The van der Waals surface area contributed by atoms with Crippen LogP contribution in [0.1, 0.15) is 361 Å². The van der Waals surface area contributed by atoms with E-state index in [0.29, 0.717) is 17.4 Å². The second-order valence-corrected chi connectivity index (χ2v) is 25.9. The monoisotopic (exact) mass is 1170 g/mol. The van der Waals surface area contributed by atoms with Gasteiger partial charge in [-0.1, -0.05) is 314 Å². The number of carboxylic acid groups (broad SMARTS) is 1. The van der Waals surface area contributed by atoms with Gasteiger partial charge in [0.25, 0.3) is 6.29 Å². The Morgan fingerprint density at radius 2 is 0.651 bits per heavy atom. The molecule has 0 spiro atoms. The van der Waals surface area contributed by atoms with E-state index in [9.17, 15) is 19.5 Å². The average Bonchev–Trinajstić information content (AvgIpc) is 3.46. The molecular weight excluding hydrogens is 1030 g/mol. The third-order valence-corrected chi connectivity index (χ3v) is 16.4. The number of ether oxygens (including phenoxy) is 4. The molecule has 0 aromatic carbocycles. The van der Waals surface area contributed by atoms with Crippen LogP contribution >= 0.6 is 0 Å². The molecule has 0 bridgehead atoms. The number of esters is 2. The van der Waals surface area contributed by atoms with Gasteiger partial charge in [-0.25, -0.2) is 4.79 Å². The van der Waals surface area contributed by atoms with Gasteiger partial charge in [-0.2, -0.15) is 0 Å². The molecule has 0 aliphatic carbocycles. The number of hydrogen-bond acceptors (Lipinski definition) is 7. The van der Waals surface area contributed by atoms with Gasteiger partial charge in [-0.15, -0.1) is 0 Å². The molecule has 0 aliphatic rings. The lowest BCUT2D eigenvalue weighted by Crippen LogP contribution is -2.40. The van der Waals surface area contributed by atoms with Crippen molar-refractivity contribution < 1.29 is 42.9 Å². The van der Waals surface area contributed by atoms with Gasteiger partial charge in [0.2, 0.25) is 0 Å². The van der Waals surface area contributed by atoms with E-state index in [-0.39, 0.29) is 38.2 Å². The maximum absolute atomic E-state index is 12.9. The number of nitrogens with zero attached hydrogens (tertiary/aromatic N) is 1. The van der Waals surface area contributed by atoms with Crippen LogP contribution in [-0.4, -0.2) is 87.4 Å². The molecule has 0 saturated carbocycles. The normalized spacial score (nSPS) is 12.8. The van der Waals surface area contributed by atoms with Crippen LogP contribution in [0.5, 0.6) is 0 Å². The number of carbonyl (C=O) groups excluding carboxylic acids is 2. The number of hydrogen-bond donors (Lipinski definition) is 1. The summed E-state index contributed by atoms with van der Waals surface area (Å²) in [6, 6.07) is 0. The number of allylic oxidation sites excluding steroid dienone is 6. The van der Waals surface area contributed by atoms with E-state index in [1.54, 1.807) is 0 Å². The minimum Gasteiger partial charge on any atom is -0.477 e. The second kappa shape index (κ2) is 65.5. The van der Waals surface area contributed by atoms with Crippen molar-refractivity contribution in [3.8, 4) is 0 Å². The van der Waals surface area contributed by atoms with Crippen LogP contribution in [0.25, 0.3) is 0 Å². The zero-order valence-corrected chi connectivity index (χ0v) is 55.9. The van der Waals surface area contributed by atoms with Gasteiger partial charge in [0, 0.05) is 12.8 Å². The van der Waals surface area contributed by atoms with Gasteiger partial charge in [0.15, 0.2) is 6.10 Å². The number of carbonyl (C=O) groups is 3. The summed E-state index contributed by atoms with van der Waals surface area (Å²) in [5.74, 6) is -1.98. The molecular formula is C74H140NO8+. The highest BCUT2D eigenvalue weighted by Crippen LogP contribution is 2.19. The highest BCUT2D eigenvalue weighted by molar-refractivity contribution is 5.71. The van der Waals surface area contributed by atoms with E-state index < -0.39 is 18.4 Å². The van der Waals surface area contributed by atoms with E-state index in [4.69, 9.17) is 18.9 Å². The zero-order valence-electron chi connectivity index (χ0n) is 55.9. The first-order valence-corrected chi connectivity index (χ1v) is 36.2. The van der Waals surface area contributed by atoms with Crippen molar-refractivity contribution >= 4 is 17.9 Å². The summed E-state index contributed by atoms with van der Waals surface area (Å²) in [4.78, 5) is 37.6. The van der Waals surface area contributed by atoms with Gasteiger partial charge >= 0.3 is 17.9 Å². The van der Waals surface area contributed by atoms with Gasteiger partial charge < -0.3 is 28.5 Å². The van der Waals surface area contributed by atoms with Gasteiger partial charge in [-0.3, -0.25) is 9.59 Å². The molecule has 0 aromatic heterocycles. The number of likely N-dealkylation sites (N-methyl/N-ethyl adjacent to an activating group) is 1. The van der Waals surface area contributed by atoms with Crippen molar-refractivity contribution in [2.24, 2.45) is 0 Å². The molecule has 2 atom stereocenters. The quantitative estimate of drug-likeness (QED) is 0.0211. The highest BCUT2D eigenvalue weighted by atomic mass is 16.7. The van der Waals surface area contributed by atoms with Crippen molar-refractivity contribution in [2.45, 2.75) is 373 Å². The first-order valence-electron chi connectivity index (χ1n) is 36.2. The minimum atomic E-state index is -1.51. The Balaban J connectivity index is 4.06. The van der Waals surface area contributed by atoms with Crippen molar-refractivity contribution in [1.82, 2.24) is 0 Å². The van der Waals surface area contributed by atoms with Crippen molar-refractivity contribution in [3.63, 3.8) is 0 Å². The van der Waals surface area contributed by atoms with Crippen molar-refractivity contribution in [1.29, 1.82) is 0 Å². The van der Waals surface area contributed by atoms with Crippen LogP contribution in [-0.2, 0) is 33.3 Å². The van der Waals surface area contributed by atoms with Gasteiger partial charge in [0.05, 0.1) is 34.4 Å². The lowest BCUT2D eigenvalue weighted by molar-refractivity contribution is -0.870. The van der Waals surface area contributed by atoms with Crippen LogP contribution in [0.15, 0.2) is 36.5 Å². The topological polar surface area (TPSA) is 108 Å². The predicted octanol–water partition coefficient (Wildman–Crippen LogP) is 22.4. The Hall–Kier alpha value is -2.49. The summed E-state index contributed by atoms with van der Waals surface area (Å²) in [6.07, 6.45) is 79.8. The molecule has 0 amide bonds. The summed E-state index contributed by atoms with van der Waals surface area (Å²) in [5.41, 5.74) is 0. The highest BCUT2D eigenvalue weighted by Gasteiger charge is 2.25. The Morgan fingerprint density at radius 3 is 0.964 bits per heavy atom. The third-order valence-electron chi connectivity index (χ3n) is 16.4. The van der Waals surface area contributed by atoms with E-state index in [0.717, 1.165) is 44.9 Å².